The van der Waals surface area contributed by atoms with E-state index in [1.165, 1.54) is 0 Å². The summed E-state index contributed by atoms with van der Waals surface area (Å²) in [5, 5.41) is 3.84. The number of aromatic nitrogens is 1. The molecule has 0 bridgehead atoms. The number of hydrogen-bond acceptors (Lipinski definition) is 3. The Hall–Kier alpha value is -3.08. The monoisotopic (exact) mass is 408 g/mol. The summed E-state index contributed by atoms with van der Waals surface area (Å²) < 4.78 is 5.59. The van der Waals surface area contributed by atoms with Gasteiger partial charge in [-0.3, -0.25) is 4.79 Å². The lowest BCUT2D eigenvalue weighted by atomic mass is 10.1. The third kappa shape index (κ3) is 3.79. The van der Waals surface area contributed by atoms with E-state index in [1.54, 1.807) is 42.7 Å². The number of carbonyl (C=O) groups excluding carboxylic acids is 1. The number of nitrogens with zero attached hydrogens (tertiary/aromatic N) is 1. The molecule has 1 aromatic heterocycles. The zero-order valence-electron chi connectivity index (χ0n) is 14.5. The highest BCUT2D eigenvalue weighted by molar-refractivity contribution is 6.34. The summed E-state index contributed by atoms with van der Waals surface area (Å²) in [6, 6.07) is 21.6. The normalized spacial score (nSPS) is 10.6. The van der Waals surface area contributed by atoms with Crippen molar-refractivity contribution in [2.24, 2.45) is 0 Å². The van der Waals surface area contributed by atoms with Gasteiger partial charge in [0, 0.05) is 16.8 Å². The zero-order valence-corrected chi connectivity index (χ0v) is 16.0. The van der Waals surface area contributed by atoms with E-state index in [-0.39, 0.29) is 5.91 Å². The smallest absolute Gasteiger partial charge is 0.257 e. The summed E-state index contributed by atoms with van der Waals surface area (Å²) in [6.07, 6.45) is 1.57. The molecule has 4 aromatic rings. The Kier molecular flexibility index (Phi) is 5.15. The maximum Gasteiger partial charge on any atom is 0.257 e. The third-order valence-corrected chi connectivity index (χ3v) is 4.82. The van der Waals surface area contributed by atoms with E-state index < -0.39 is 0 Å². The molecule has 4 rings (SSSR count). The van der Waals surface area contributed by atoms with Crippen LogP contribution in [0.2, 0.25) is 10.0 Å². The van der Waals surface area contributed by atoms with E-state index in [9.17, 15) is 4.79 Å². The quantitative estimate of drug-likeness (QED) is 0.415. The molecule has 0 fully saturated rings. The van der Waals surface area contributed by atoms with Crippen molar-refractivity contribution < 1.29 is 9.21 Å². The molecule has 0 spiro atoms. The van der Waals surface area contributed by atoms with E-state index in [0.29, 0.717) is 32.9 Å². The predicted octanol–water partition coefficient (Wildman–Crippen LogP) is 6.57. The van der Waals surface area contributed by atoms with Crippen LogP contribution in [0, 0.1) is 0 Å². The third-order valence-electron chi connectivity index (χ3n) is 4.16. The Balaban J connectivity index is 1.52. The van der Waals surface area contributed by atoms with Crippen molar-refractivity contribution in [2.75, 3.05) is 5.32 Å². The highest BCUT2D eigenvalue weighted by atomic mass is 35.5. The first-order valence-electron chi connectivity index (χ1n) is 8.48. The van der Waals surface area contributed by atoms with E-state index in [1.807, 2.05) is 36.4 Å². The van der Waals surface area contributed by atoms with Gasteiger partial charge in [-0.05, 0) is 42.5 Å². The van der Waals surface area contributed by atoms with Crippen LogP contribution in [-0.2, 0) is 0 Å². The summed E-state index contributed by atoms with van der Waals surface area (Å²) in [6.45, 7) is 0. The van der Waals surface area contributed by atoms with Gasteiger partial charge in [-0.2, -0.15) is 0 Å². The van der Waals surface area contributed by atoms with Gasteiger partial charge in [0.05, 0.1) is 15.6 Å². The number of amides is 1. The van der Waals surface area contributed by atoms with Gasteiger partial charge in [0.2, 0.25) is 5.89 Å². The molecule has 3 aromatic carbocycles. The highest BCUT2D eigenvalue weighted by Gasteiger charge is 2.12. The Morgan fingerprint density at radius 3 is 2.25 bits per heavy atom. The molecule has 0 saturated carbocycles. The van der Waals surface area contributed by atoms with Crippen LogP contribution in [0.25, 0.3) is 22.7 Å². The topological polar surface area (TPSA) is 55.1 Å². The fourth-order valence-electron chi connectivity index (χ4n) is 2.74. The second-order valence-electron chi connectivity index (χ2n) is 6.03. The van der Waals surface area contributed by atoms with Crippen molar-refractivity contribution in [1.82, 2.24) is 4.98 Å². The lowest BCUT2D eigenvalue weighted by Gasteiger charge is -2.07. The first-order chi connectivity index (χ1) is 13.6. The fraction of sp³-hybridized carbons (Fsp3) is 0. The molecule has 138 valence electrons. The molecular formula is C22H14Cl2N2O2. The molecule has 0 aliphatic carbocycles. The number of hydrogen-bond donors (Lipinski definition) is 1. The van der Waals surface area contributed by atoms with Crippen molar-refractivity contribution in [3.05, 3.63) is 94.7 Å². The van der Waals surface area contributed by atoms with Gasteiger partial charge in [0.1, 0.15) is 12.0 Å². The average Bonchev–Trinajstić information content (AvgIpc) is 3.19. The number of halogens is 2. The molecule has 4 nitrogen and oxygen atoms in total. The van der Waals surface area contributed by atoms with Crippen molar-refractivity contribution in [2.45, 2.75) is 0 Å². The molecule has 0 aliphatic rings. The molecule has 1 amide bonds. The Bertz CT molecular complexity index is 1140. The second kappa shape index (κ2) is 7.89. The summed E-state index contributed by atoms with van der Waals surface area (Å²) in [4.78, 5) is 16.8. The number of carbonyl (C=O) groups is 1. The van der Waals surface area contributed by atoms with Crippen LogP contribution in [-0.4, -0.2) is 10.9 Å². The van der Waals surface area contributed by atoms with Gasteiger partial charge < -0.3 is 9.73 Å². The van der Waals surface area contributed by atoms with Crippen LogP contribution in [0.5, 0.6) is 0 Å². The largest absolute Gasteiger partial charge is 0.444 e. The van der Waals surface area contributed by atoms with Crippen LogP contribution in [0.1, 0.15) is 10.4 Å². The predicted molar refractivity (Wildman–Crippen MR) is 112 cm³/mol. The van der Waals surface area contributed by atoms with Crippen molar-refractivity contribution in [3.63, 3.8) is 0 Å². The molecule has 0 unspecified atom stereocenters. The van der Waals surface area contributed by atoms with Gasteiger partial charge in [-0.15, -0.1) is 0 Å². The molecule has 0 radical (unpaired) electrons. The van der Waals surface area contributed by atoms with Crippen LogP contribution in [0.15, 0.2) is 83.5 Å². The van der Waals surface area contributed by atoms with E-state index in [0.717, 1.165) is 11.1 Å². The molecule has 0 atom stereocenters. The minimum absolute atomic E-state index is 0.268. The van der Waals surface area contributed by atoms with Gasteiger partial charge in [0.25, 0.3) is 5.91 Å². The minimum atomic E-state index is -0.268. The molecule has 6 heteroatoms. The van der Waals surface area contributed by atoms with Crippen LogP contribution < -0.4 is 5.32 Å². The van der Waals surface area contributed by atoms with Gasteiger partial charge >= 0.3 is 0 Å². The second-order valence-corrected chi connectivity index (χ2v) is 6.84. The Morgan fingerprint density at radius 1 is 0.857 bits per heavy atom. The summed E-state index contributed by atoms with van der Waals surface area (Å²) in [7, 11) is 0. The van der Waals surface area contributed by atoms with Gasteiger partial charge in [-0.1, -0.05) is 53.5 Å². The molecule has 28 heavy (non-hydrogen) atoms. The number of anilines is 1. The standard InChI is InChI=1S/C22H14Cl2N2O2/c23-18-7-3-1-5-16(18)20-13-28-22(26-20)14-9-11-15(12-10-14)25-21(27)17-6-2-4-8-19(17)24/h1-13H,(H,25,27). The van der Waals surface area contributed by atoms with E-state index >= 15 is 0 Å². The van der Waals surface area contributed by atoms with Crippen molar-refractivity contribution in [3.8, 4) is 22.7 Å². The number of oxazole rings is 1. The first-order valence-corrected chi connectivity index (χ1v) is 9.24. The van der Waals surface area contributed by atoms with Crippen LogP contribution in [0.4, 0.5) is 5.69 Å². The Morgan fingerprint density at radius 2 is 1.54 bits per heavy atom. The number of nitrogens with one attached hydrogen (secondary N) is 1. The van der Waals surface area contributed by atoms with E-state index in [4.69, 9.17) is 27.6 Å². The molecule has 1 heterocycles. The fourth-order valence-corrected chi connectivity index (χ4v) is 3.19. The number of rotatable bonds is 4. The maximum atomic E-state index is 12.3. The summed E-state index contributed by atoms with van der Waals surface area (Å²) in [5.41, 5.74) is 3.32. The average molecular weight is 409 g/mol. The first kappa shape index (κ1) is 18.3. The van der Waals surface area contributed by atoms with Gasteiger partial charge in [0.15, 0.2) is 0 Å². The molecule has 0 aliphatic heterocycles. The highest BCUT2D eigenvalue weighted by Crippen LogP contribution is 2.30. The maximum absolute atomic E-state index is 12.3. The molecular weight excluding hydrogens is 395 g/mol. The Labute approximate surface area is 171 Å². The van der Waals surface area contributed by atoms with Crippen molar-refractivity contribution in [1.29, 1.82) is 0 Å². The summed E-state index contributed by atoms with van der Waals surface area (Å²) in [5.74, 6) is 0.203. The number of benzene rings is 3. The van der Waals surface area contributed by atoms with Crippen molar-refractivity contribution >= 4 is 34.8 Å². The minimum Gasteiger partial charge on any atom is -0.444 e. The zero-order chi connectivity index (χ0) is 19.5. The molecule has 1 N–H and O–H groups in total. The summed E-state index contributed by atoms with van der Waals surface area (Å²) >= 11 is 12.3. The molecule has 0 saturated heterocycles. The SMILES string of the molecule is O=C(Nc1ccc(-c2nc(-c3ccccc3Cl)co2)cc1)c1ccccc1Cl. The van der Waals surface area contributed by atoms with Crippen LogP contribution >= 0.6 is 23.2 Å². The van der Waals surface area contributed by atoms with Crippen LogP contribution in [0.3, 0.4) is 0 Å². The lowest BCUT2D eigenvalue weighted by molar-refractivity contribution is 0.102. The van der Waals surface area contributed by atoms with E-state index in [2.05, 4.69) is 10.3 Å². The van der Waals surface area contributed by atoms with Gasteiger partial charge in [-0.25, -0.2) is 4.98 Å². The lowest BCUT2D eigenvalue weighted by Crippen LogP contribution is -2.12.